The van der Waals surface area contributed by atoms with Crippen LogP contribution in [-0.4, -0.2) is 7.11 Å². The lowest BCUT2D eigenvalue weighted by molar-refractivity contribution is 0.341. The van der Waals surface area contributed by atoms with Crippen LogP contribution in [0.4, 0.5) is 4.39 Å². The van der Waals surface area contributed by atoms with Crippen molar-refractivity contribution in [2.75, 3.05) is 7.11 Å². The highest BCUT2D eigenvalue weighted by molar-refractivity contribution is 5.30. The summed E-state index contributed by atoms with van der Waals surface area (Å²) in [4.78, 5) is 0. The standard InChI is InChI=1S/C15H15FO/c1-17-14-9-5-6-12(10-14)11-15(16)13-7-3-2-4-8-13/h2-10,15H,11H2,1H3. The quantitative estimate of drug-likeness (QED) is 0.772. The number of alkyl halides is 1. The summed E-state index contributed by atoms with van der Waals surface area (Å²) in [5.74, 6) is 0.766. The van der Waals surface area contributed by atoms with Crippen LogP contribution in [-0.2, 0) is 6.42 Å². The number of hydrogen-bond donors (Lipinski definition) is 0. The van der Waals surface area contributed by atoms with Crippen molar-refractivity contribution in [2.45, 2.75) is 12.6 Å². The summed E-state index contributed by atoms with van der Waals surface area (Å²) in [5.41, 5.74) is 1.66. The Balaban J connectivity index is 2.10. The minimum Gasteiger partial charge on any atom is -0.497 e. The van der Waals surface area contributed by atoms with Gasteiger partial charge in [-0.3, -0.25) is 0 Å². The molecule has 0 aliphatic heterocycles. The van der Waals surface area contributed by atoms with Gasteiger partial charge in [-0.05, 0) is 23.3 Å². The highest BCUT2D eigenvalue weighted by atomic mass is 19.1. The van der Waals surface area contributed by atoms with Crippen LogP contribution in [0, 0.1) is 0 Å². The molecule has 0 spiro atoms. The number of benzene rings is 2. The summed E-state index contributed by atoms with van der Waals surface area (Å²) < 4.78 is 19.1. The third kappa shape index (κ3) is 3.06. The van der Waals surface area contributed by atoms with Gasteiger partial charge >= 0.3 is 0 Å². The highest BCUT2D eigenvalue weighted by Crippen LogP contribution is 2.23. The number of hydrogen-bond acceptors (Lipinski definition) is 1. The molecule has 0 aromatic heterocycles. The smallest absolute Gasteiger partial charge is 0.129 e. The van der Waals surface area contributed by atoms with E-state index in [1.54, 1.807) is 7.11 Å². The second-order valence-corrected chi connectivity index (χ2v) is 3.93. The van der Waals surface area contributed by atoms with Crippen molar-refractivity contribution in [1.29, 1.82) is 0 Å². The second kappa shape index (κ2) is 5.48. The average molecular weight is 230 g/mol. The van der Waals surface area contributed by atoms with Crippen molar-refractivity contribution in [3.63, 3.8) is 0 Å². The third-order valence-electron chi connectivity index (χ3n) is 2.71. The normalized spacial score (nSPS) is 12.1. The van der Waals surface area contributed by atoms with Crippen molar-refractivity contribution in [1.82, 2.24) is 0 Å². The van der Waals surface area contributed by atoms with Gasteiger partial charge in [0.2, 0.25) is 0 Å². The molecule has 2 heteroatoms. The summed E-state index contributed by atoms with van der Waals surface area (Å²) in [6, 6.07) is 16.7. The van der Waals surface area contributed by atoms with Crippen LogP contribution in [0.3, 0.4) is 0 Å². The Morgan fingerprint density at radius 1 is 1.06 bits per heavy atom. The maximum atomic E-state index is 14.0. The number of halogens is 1. The molecule has 88 valence electrons. The monoisotopic (exact) mass is 230 g/mol. The van der Waals surface area contributed by atoms with Crippen molar-refractivity contribution in [3.8, 4) is 5.75 Å². The predicted molar refractivity (Wildman–Crippen MR) is 67.0 cm³/mol. The highest BCUT2D eigenvalue weighted by Gasteiger charge is 2.10. The van der Waals surface area contributed by atoms with Gasteiger partial charge in [0, 0.05) is 6.42 Å². The molecule has 0 heterocycles. The van der Waals surface area contributed by atoms with Crippen molar-refractivity contribution in [2.24, 2.45) is 0 Å². The largest absolute Gasteiger partial charge is 0.497 e. The molecule has 0 amide bonds. The molecule has 1 atom stereocenters. The zero-order valence-corrected chi connectivity index (χ0v) is 9.77. The molecule has 17 heavy (non-hydrogen) atoms. The Morgan fingerprint density at radius 3 is 2.53 bits per heavy atom. The summed E-state index contributed by atoms with van der Waals surface area (Å²) in [5, 5.41) is 0. The van der Waals surface area contributed by atoms with E-state index in [0.29, 0.717) is 6.42 Å². The Kier molecular flexibility index (Phi) is 3.76. The van der Waals surface area contributed by atoms with Crippen molar-refractivity contribution >= 4 is 0 Å². The van der Waals surface area contributed by atoms with E-state index in [1.807, 2.05) is 54.6 Å². The number of rotatable bonds is 4. The summed E-state index contributed by atoms with van der Waals surface area (Å²) >= 11 is 0. The molecule has 0 N–H and O–H groups in total. The average Bonchev–Trinajstić information content (AvgIpc) is 2.40. The molecular weight excluding hydrogens is 215 g/mol. The van der Waals surface area contributed by atoms with E-state index in [0.717, 1.165) is 16.9 Å². The minimum atomic E-state index is -0.969. The second-order valence-electron chi connectivity index (χ2n) is 3.93. The Hall–Kier alpha value is -1.83. The first-order chi connectivity index (χ1) is 8.29. The molecule has 0 aliphatic carbocycles. The van der Waals surface area contributed by atoms with Crippen LogP contribution in [0.1, 0.15) is 17.3 Å². The first kappa shape index (κ1) is 11.6. The van der Waals surface area contributed by atoms with Gasteiger partial charge in [0.25, 0.3) is 0 Å². The van der Waals surface area contributed by atoms with E-state index >= 15 is 0 Å². The van der Waals surface area contributed by atoms with E-state index in [4.69, 9.17) is 4.74 Å². The van der Waals surface area contributed by atoms with Gasteiger partial charge in [0.05, 0.1) is 7.11 Å². The Bertz CT molecular complexity index is 467. The Morgan fingerprint density at radius 2 is 1.82 bits per heavy atom. The van der Waals surface area contributed by atoms with E-state index in [2.05, 4.69) is 0 Å². The fraction of sp³-hybridized carbons (Fsp3) is 0.200. The maximum absolute atomic E-state index is 14.0. The van der Waals surface area contributed by atoms with Crippen LogP contribution in [0.2, 0.25) is 0 Å². The van der Waals surface area contributed by atoms with E-state index in [-0.39, 0.29) is 0 Å². The van der Waals surface area contributed by atoms with Gasteiger partial charge < -0.3 is 4.74 Å². The number of ether oxygens (including phenoxy) is 1. The molecule has 2 aromatic carbocycles. The van der Waals surface area contributed by atoms with Crippen molar-refractivity contribution in [3.05, 3.63) is 65.7 Å². The molecule has 2 aromatic rings. The van der Waals surface area contributed by atoms with Crippen LogP contribution in [0.5, 0.6) is 5.75 Å². The molecule has 0 saturated carbocycles. The molecular formula is C15H15FO. The van der Waals surface area contributed by atoms with Crippen LogP contribution in [0.15, 0.2) is 54.6 Å². The van der Waals surface area contributed by atoms with E-state index in [9.17, 15) is 4.39 Å². The topological polar surface area (TPSA) is 9.23 Å². The lowest BCUT2D eigenvalue weighted by Gasteiger charge is -2.09. The SMILES string of the molecule is COc1cccc(CC(F)c2ccccc2)c1. The molecule has 2 rings (SSSR count). The van der Waals surface area contributed by atoms with Gasteiger partial charge in [-0.2, -0.15) is 0 Å². The van der Waals surface area contributed by atoms with Gasteiger partial charge in [-0.1, -0.05) is 42.5 Å². The molecule has 1 nitrogen and oxygen atoms in total. The maximum Gasteiger partial charge on any atom is 0.129 e. The molecule has 0 radical (unpaired) electrons. The fourth-order valence-corrected chi connectivity index (χ4v) is 1.79. The van der Waals surface area contributed by atoms with Gasteiger partial charge in [-0.25, -0.2) is 4.39 Å². The third-order valence-corrected chi connectivity index (χ3v) is 2.71. The summed E-state index contributed by atoms with van der Waals surface area (Å²) in [6.07, 6.45) is -0.593. The zero-order chi connectivity index (χ0) is 12.1. The molecule has 0 fully saturated rings. The Labute approximate surface area is 101 Å². The molecule has 0 aliphatic rings. The zero-order valence-electron chi connectivity index (χ0n) is 9.77. The van der Waals surface area contributed by atoms with Crippen LogP contribution in [0.25, 0.3) is 0 Å². The van der Waals surface area contributed by atoms with E-state index in [1.165, 1.54) is 0 Å². The van der Waals surface area contributed by atoms with Crippen LogP contribution < -0.4 is 4.74 Å². The summed E-state index contributed by atoms with van der Waals surface area (Å²) in [7, 11) is 1.61. The molecule has 0 bridgehead atoms. The lowest BCUT2D eigenvalue weighted by atomic mass is 10.0. The predicted octanol–water partition coefficient (Wildman–Crippen LogP) is 3.95. The minimum absolute atomic E-state index is 0.376. The van der Waals surface area contributed by atoms with Gasteiger partial charge in [0.1, 0.15) is 11.9 Å². The number of methoxy groups -OCH3 is 1. The summed E-state index contributed by atoms with van der Waals surface area (Å²) in [6.45, 7) is 0. The van der Waals surface area contributed by atoms with Gasteiger partial charge in [0.15, 0.2) is 0 Å². The molecule has 1 unspecified atom stereocenters. The lowest BCUT2D eigenvalue weighted by Crippen LogP contribution is -1.97. The molecule has 0 saturated heterocycles. The van der Waals surface area contributed by atoms with Crippen LogP contribution >= 0.6 is 0 Å². The first-order valence-corrected chi connectivity index (χ1v) is 5.61. The first-order valence-electron chi connectivity index (χ1n) is 5.61. The van der Waals surface area contributed by atoms with Crippen molar-refractivity contribution < 1.29 is 9.13 Å². The van der Waals surface area contributed by atoms with Gasteiger partial charge in [-0.15, -0.1) is 0 Å². The van der Waals surface area contributed by atoms with E-state index < -0.39 is 6.17 Å². The fourth-order valence-electron chi connectivity index (χ4n) is 1.79.